The summed E-state index contributed by atoms with van der Waals surface area (Å²) in [5.41, 5.74) is -1.73. The third-order valence-corrected chi connectivity index (χ3v) is 6.20. The van der Waals surface area contributed by atoms with Crippen molar-refractivity contribution < 1.29 is 27.2 Å². The molecule has 3 fully saturated rings. The highest BCUT2D eigenvalue weighted by atomic mass is 32.2. The quantitative estimate of drug-likeness (QED) is 0.677. The lowest BCUT2D eigenvalue weighted by Crippen LogP contribution is -2.51. The fourth-order valence-corrected chi connectivity index (χ4v) is 5.56. The summed E-state index contributed by atoms with van der Waals surface area (Å²) in [6, 6.07) is 0. The van der Waals surface area contributed by atoms with Gasteiger partial charge in [-0.05, 0) is 0 Å². The average Bonchev–Trinajstić information content (AvgIpc) is 2.76. The van der Waals surface area contributed by atoms with Crippen LogP contribution in [0, 0.1) is 5.92 Å². The lowest BCUT2D eigenvalue weighted by Gasteiger charge is -2.30. The van der Waals surface area contributed by atoms with E-state index in [9.17, 15) is 13.5 Å². The van der Waals surface area contributed by atoms with E-state index in [0.29, 0.717) is 0 Å². The molecule has 3 aliphatic heterocycles. The number of fused-ring (bicyclic) bond motifs is 1. The van der Waals surface area contributed by atoms with Gasteiger partial charge in [0.05, 0.1) is 18.8 Å². The molecule has 2 bridgehead atoms. The van der Waals surface area contributed by atoms with Crippen molar-refractivity contribution in [1.29, 1.82) is 0 Å². The van der Waals surface area contributed by atoms with E-state index in [1.807, 2.05) is 6.92 Å². The Bertz CT molecular complexity index is 448. The van der Waals surface area contributed by atoms with E-state index < -0.39 is 32.7 Å². The zero-order valence-corrected chi connectivity index (χ0v) is 10.6. The highest BCUT2D eigenvalue weighted by Gasteiger charge is 2.78. The molecule has 7 heteroatoms. The minimum absolute atomic E-state index is 0.156. The van der Waals surface area contributed by atoms with Crippen LogP contribution in [0.3, 0.4) is 0 Å². The van der Waals surface area contributed by atoms with Gasteiger partial charge in [0.15, 0.2) is 0 Å². The maximum absolute atomic E-state index is 11.9. The van der Waals surface area contributed by atoms with Gasteiger partial charge in [-0.3, -0.25) is 4.18 Å². The normalized spacial score (nSPS) is 54.4. The SMILES string of the molecule is COCC12OC3(CO)CC1S(=O)(=O)OC2C3C. The molecule has 0 aliphatic carbocycles. The summed E-state index contributed by atoms with van der Waals surface area (Å²) in [6.45, 7) is 1.84. The van der Waals surface area contributed by atoms with Crippen LogP contribution in [0.25, 0.3) is 0 Å². The molecule has 0 radical (unpaired) electrons. The van der Waals surface area contributed by atoms with Crippen molar-refractivity contribution >= 4 is 10.1 Å². The number of ether oxygens (including phenoxy) is 2. The lowest BCUT2D eigenvalue weighted by molar-refractivity contribution is -0.110. The number of aliphatic hydroxyl groups excluding tert-OH is 1. The monoisotopic (exact) mass is 264 g/mol. The summed E-state index contributed by atoms with van der Waals surface area (Å²) >= 11 is 0. The number of rotatable bonds is 3. The first-order valence-electron chi connectivity index (χ1n) is 5.64. The van der Waals surface area contributed by atoms with Gasteiger partial charge in [-0.15, -0.1) is 0 Å². The Morgan fingerprint density at radius 3 is 2.82 bits per heavy atom. The maximum Gasteiger partial charge on any atom is 0.273 e. The first kappa shape index (κ1) is 11.9. The Balaban J connectivity index is 2.12. The summed E-state index contributed by atoms with van der Waals surface area (Å²) < 4.78 is 40.0. The van der Waals surface area contributed by atoms with Gasteiger partial charge in [0.2, 0.25) is 0 Å². The van der Waals surface area contributed by atoms with Crippen molar-refractivity contribution in [2.45, 2.75) is 35.9 Å². The van der Waals surface area contributed by atoms with Crippen LogP contribution >= 0.6 is 0 Å². The Labute approximate surface area is 100.0 Å². The van der Waals surface area contributed by atoms with Gasteiger partial charge in [0.1, 0.15) is 17.0 Å². The Morgan fingerprint density at radius 2 is 2.24 bits per heavy atom. The van der Waals surface area contributed by atoms with Crippen molar-refractivity contribution in [2.24, 2.45) is 5.92 Å². The zero-order chi connectivity index (χ0) is 12.5. The second-order valence-corrected chi connectivity index (χ2v) is 6.95. The van der Waals surface area contributed by atoms with Gasteiger partial charge in [-0.25, -0.2) is 0 Å². The molecule has 0 amide bonds. The van der Waals surface area contributed by atoms with E-state index in [1.54, 1.807) is 0 Å². The fourth-order valence-electron chi connectivity index (χ4n) is 3.59. The highest BCUT2D eigenvalue weighted by molar-refractivity contribution is 7.87. The molecule has 3 heterocycles. The van der Waals surface area contributed by atoms with Crippen LogP contribution < -0.4 is 0 Å². The molecule has 0 aromatic rings. The van der Waals surface area contributed by atoms with E-state index in [-0.39, 0.29) is 25.6 Å². The second kappa shape index (κ2) is 3.21. The molecule has 3 saturated heterocycles. The lowest BCUT2D eigenvalue weighted by atomic mass is 9.73. The number of aliphatic hydroxyl groups is 1. The Morgan fingerprint density at radius 1 is 1.53 bits per heavy atom. The number of hydrogen-bond acceptors (Lipinski definition) is 6. The van der Waals surface area contributed by atoms with E-state index >= 15 is 0 Å². The molecular formula is C10H16O6S. The molecule has 0 aromatic carbocycles. The van der Waals surface area contributed by atoms with E-state index in [0.717, 1.165) is 0 Å². The maximum atomic E-state index is 11.9. The van der Waals surface area contributed by atoms with Crippen molar-refractivity contribution in [2.75, 3.05) is 20.3 Å². The molecule has 0 spiro atoms. The summed E-state index contributed by atoms with van der Waals surface area (Å²) in [4.78, 5) is 0. The van der Waals surface area contributed by atoms with E-state index in [2.05, 4.69) is 0 Å². The number of hydrogen-bond donors (Lipinski definition) is 1. The summed E-state index contributed by atoms with van der Waals surface area (Å²) in [5, 5.41) is 8.79. The molecule has 6 nitrogen and oxygen atoms in total. The predicted octanol–water partition coefficient (Wildman–Crippen LogP) is -0.730. The first-order chi connectivity index (χ1) is 7.92. The Hall–Kier alpha value is -0.210. The first-order valence-corrected chi connectivity index (χ1v) is 7.11. The molecule has 5 atom stereocenters. The molecule has 1 N–H and O–H groups in total. The molecule has 17 heavy (non-hydrogen) atoms. The molecule has 5 unspecified atom stereocenters. The van der Waals surface area contributed by atoms with Crippen LogP contribution in [0.2, 0.25) is 0 Å². The molecule has 3 rings (SSSR count). The molecular weight excluding hydrogens is 248 g/mol. The second-order valence-electron chi connectivity index (χ2n) is 5.20. The van der Waals surface area contributed by atoms with Crippen LogP contribution in [-0.4, -0.2) is 56.4 Å². The smallest absolute Gasteiger partial charge is 0.273 e. The summed E-state index contributed by atoms with van der Waals surface area (Å²) in [7, 11) is -2.10. The van der Waals surface area contributed by atoms with Crippen molar-refractivity contribution in [1.82, 2.24) is 0 Å². The van der Waals surface area contributed by atoms with Gasteiger partial charge in [-0.1, -0.05) is 6.92 Å². The van der Waals surface area contributed by atoms with Crippen LogP contribution in [0.1, 0.15) is 13.3 Å². The minimum Gasteiger partial charge on any atom is -0.393 e. The van der Waals surface area contributed by atoms with Crippen LogP contribution in [0.15, 0.2) is 0 Å². The molecule has 0 saturated carbocycles. The topological polar surface area (TPSA) is 82.1 Å². The van der Waals surface area contributed by atoms with Crippen molar-refractivity contribution in [3.8, 4) is 0 Å². The Kier molecular flexibility index (Phi) is 2.24. The van der Waals surface area contributed by atoms with Gasteiger partial charge in [0, 0.05) is 19.4 Å². The van der Waals surface area contributed by atoms with Gasteiger partial charge in [-0.2, -0.15) is 8.42 Å². The largest absolute Gasteiger partial charge is 0.393 e. The highest BCUT2D eigenvalue weighted by Crippen LogP contribution is 2.61. The van der Waals surface area contributed by atoms with Crippen LogP contribution in [0.4, 0.5) is 0 Å². The van der Waals surface area contributed by atoms with Crippen LogP contribution in [-0.2, 0) is 23.8 Å². The summed E-state index contributed by atoms with van der Waals surface area (Å²) in [6.07, 6.45) is -0.259. The van der Waals surface area contributed by atoms with Gasteiger partial charge >= 0.3 is 0 Å². The molecule has 3 aliphatic rings. The molecule has 98 valence electrons. The minimum atomic E-state index is -3.61. The van der Waals surface area contributed by atoms with E-state index in [4.69, 9.17) is 13.7 Å². The van der Waals surface area contributed by atoms with Crippen molar-refractivity contribution in [3.63, 3.8) is 0 Å². The summed E-state index contributed by atoms with van der Waals surface area (Å²) in [5.74, 6) is -0.156. The third kappa shape index (κ3) is 1.16. The average molecular weight is 264 g/mol. The third-order valence-electron chi connectivity index (χ3n) is 4.46. The predicted molar refractivity (Wildman–Crippen MR) is 56.9 cm³/mol. The van der Waals surface area contributed by atoms with Crippen LogP contribution in [0.5, 0.6) is 0 Å². The fraction of sp³-hybridized carbons (Fsp3) is 1.00. The van der Waals surface area contributed by atoms with Gasteiger partial charge < -0.3 is 14.6 Å². The number of methoxy groups -OCH3 is 1. The molecule has 0 aromatic heterocycles. The standard InChI is InChI=1S/C10H16O6S/c1-6-8-10(5-14-2)7(17(12,13)15-8)3-9(6,4-11)16-10/h6-8,11H,3-5H2,1-2H3. The zero-order valence-electron chi connectivity index (χ0n) is 9.75. The van der Waals surface area contributed by atoms with Crippen molar-refractivity contribution in [3.05, 3.63) is 0 Å². The van der Waals surface area contributed by atoms with E-state index in [1.165, 1.54) is 7.11 Å². The van der Waals surface area contributed by atoms with Gasteiger partial charge in [0.25, 0.3) is 10.1 Å².